The average molecular weight is 223 g/mol. The van der Waals surface area contributed by atoms with Crippen molar-refractivity contribution >= 4 is 17.7 Å². The van der Waals surface area contributed by atoms with Crippen molar-refractivity contribution in [3.63, 3.8) is 0 Å². The predicted octanol–water partition coefficient (Wildman–Crippen LogP) is 1.89. The topological polar surface area (TPSA) is 50.2 Å². The molecule has 1 aliphatic heterocycles. The first kappa shape index (κ1) is 10.5. The van der Waals surface area contributed by atoms with Gasteiger partial charge < -0.3 is 5.11 Å². The van der Waals surface area contributed by atoms with Crippen LogP contribution < -0.4 is 0 Å². The van der Waals surface area contributed by atoms with Gasteiger partial charge in [-0.05, 0) is 35.3 Å². The Morgan fingerprint density at radius 3 is 3.20 bits per heavy atom. The fraction of sp³-hybridized carbons (Fsp3) is 0.455. The van der Waals surface area contributed by atoms with Crippen LogP contribution in [0, 0.1) is 0 Å². The summed E-state index contributed by atoms with van der Waals surface area (Å²) in [5.74, 6) is 1.41. The number of thioether (sulfide) groups is 1. The molecule has 0 radical (unpaired) electrons. The molecule has 0 atom stereocenters. The Labute approximate surface area is 92.9 Å². The number of carboxylic acid groups (broad SMARTS) is 1. The standard InChI is InChI=1S/C11H13NO2S/c13-11(14)2-1-8-5-12-6-9-7-15-4-3-10(8)9/h5-6H,1-4,7H2,(H,13,14). The summed E-state index contributed by atoms with van der Waals surface area (Å²) >= 11 is 1.91. The summed E-state index contributed by atoms with van der Waals surface area (Å²) in [7, 11) is 0. The van der Waals surface area contributed by atoms with E-state index in [0.717, 1.165) is 23.5 Å². The van der Waals surface area contributed by atoms with Gasteiger partial charge in [0.25, 0.3) is 0 Å². The number of hydrogen-bond donors (Lipinski definition) is 1. The van der Waals surface area contributed by atoms with E-state index in [0.29, 0.717) is 6.42 Å². The zero-order valence-corrected chi connectivity index (χ0v) is 9.22. The molecule has 0 unspecified atom stereocenters. The second-order valence-electron chi connectivity index (χ2n) is 3.63. The van der Waals surface area contributed by atoms with Gasteiger partial charge in [0.05, 0.1) is 0 Å². The van der Waals surface area contributed by atoms with Gasteiger partial charge in [0, 0.05) is 24.6 Å². The van der Waals surface area contributed by atoms with E-state index >= 15 is 0 Å². The van der Waals surface area contributed by atoms with Crippen LogP contribution in [0.1, 0.15) is 23.1 Å². The lowest BCUT2D eigenvalue weighted by Crippen LogP contribution is -2.08. The van der Waals surface area contributed by atoms with Crippen LogP contribution in [0.5, 0.6) is 0 Å². The van der Waals surface area contributed by atoms with E-state index in [1.807, 2.05) is 24.2 Å². The fourth-order valence-corrected chi connectivity index (χ4v) is 2.80. The molecule has 1 aliphatic rings. The van der Waals surface area contributed by atoms with Crippen molar-refractivity contribution in [2.75, 3.05) is 5.75 Å². The molecule has 0 bridgehead atoms. The first-order chi connectivity index (χ1) is 7.27. The van der Waals surface area contributed by atoms with Gasteiger partial charge in [-0.1, -0.05) is 0 Å². The number of nitrogens with zero attached hydrogens (tertiary/aromatic N) is 1. The Morgan fingerprint density at radius 2 is 2.40 bits per heavy atom. The molecule has 2 rings (SSSR count). The lowest BCUT2D eigenvalue weighted by atomic mass is 9.99. The highest BCUT2D eigenvalue weighted by Gasteiger charge is 2.14. The number of aromatic nitrogens is 1. The van der Waals surface area contributed by atoms with Crippen molar-refractivity contribution in [3.8, 4) is 0 Å². The minimum atomic E-state index is -0.738. The number of carbonyl (C=O) groups is 1. The molecule has 80 valence electrons. The molecule has 0 fully saturated rings. The molecular weight excluding hydrogens is 210 g/mol. The van der Waals surface area contributed by atoms with Crippen LogP contribution in [-0.2, 0) is 23.4 Å². The second kappa shape index (κ2) is 4.66. The Balaban J connectivity index is 2.19. The van der Waals surface area contributed by atoms with E-state index in [2.05, 4.69) is 4.98 Å². The van der Waals surface area contributed by atoms with Crippen molar-refractivity contribution < 1.29 is 9.90 Å². The van der Waals surface area contributed by atoms with Crippen molar-refractivity contribution in [3.05, 3.63) is 29.1 Å². The van der Waals surface area contributed by atoms with Gasteiger partial charge >= 0.3 is 5.97 Å². The van der Waals surface area contributed by atoms with Crippen LogP contribution in [0.25, 0.3) is 0 Å². The van der Waals surface area contributed by atoms with E-state index in [1.165, 1.54) is 11.1 Å². The second-order valence-corrected chi connectivity index (χ2v) is 4.74. The summed E-state index contributed by atoms with van der Waals surface area (Å²) in [6.07, 6.45) is 5.59. The average Bonchev–Trinajstić information content (AvgIpc) is 2.26. The van der Waals surface area contributed by atoms with Gasteiger partial charge in [-0.25, -0.2) is 0 Å². The van der Waals surface area contributed by atoms with Crippen LogP contribution in [0.3, 0.4) is 0 Å². The van der Waals surface area contributed by atoms with E-state index in [-0.39, 0.29) is 6.42 Å². The van der Waals surface area contributed by atoms with Crippen molar-refractivity contribution in [1.82, 2.24) is 4.98 Å². The third-order valence-electron chi connectivity index (χ3n) is 2.60. The highest BCUT2D eigenvalue weighted by atomic mass is 32.2. The number of aryl methyl sites for hydroxylation is 1. The molecule has 0 saturated carbocycles. The molecular formula is C11H13NO2S. The Kier molecular flexibility index (Phi) is 3.26. The van der Waals surface area contributed by atoms with Crippen LogP contribution in [-0.4, -0.2) is 21.8 Å². The number of fused-ring (bicyclic) bond motifs is 1. The summed E-state index contributed by atoms with van der Waals surface area (Å²) < 4.78 is 0. The first-order valence-electron chi connectivity index (χ1n) is 5.01. The molecule has 0 aromatic carbocycles. The van der Waals surface area contributed by atoms with Gasteiger partial charge in [-0.2, -0.15) is 11.8 Å². The number of carboxylic acids is 1. The molecule has 3 nitrogen and oxygen atoms in total. The van der Waals surface area contributed by atoms with E-state index in [4.69, 9.17) is 5.11 Å². The Hall–Kier alpha value is -1.03. The number of aliphatic carboxylic acids is 1. The minimum Gasteiger partial charge on any atom is -0.481 e. The highest BCUT2D eigenvalue weighted by Crippen LogP contribution is 2.26. The molecule has 1 aromatic rings. The summed E-state index contributed by atoms with van der Waals surface area (Å²) in [5.41, 5.74) is 3.74. The zero-order chi connectivity index (χ0) is 10.7. The number of rotatable bonds is 3. The molecule has 2 heterocycles. The third-order valence-corrected chi connectivity index (χ3v) is 3.61. The lowest BCUT2D eigenvalue weighted by molar-refractivity contribution is -0.136. The largest absolute Gasteiger partial charge is 0.481 e. The Bertz CT molecular complexity index is 379. The maximum atomic E-state index is 10.5. The number of pyridine rings is 1. The minimum absolute atomic E-state index is 0.200. The molecule has 0 saturated heterocycles. The Morgan fingerprint density at radius 1 is 1.53 bits per heavy atom. The summed E-state index contributed by atoms with van der Waals surface area (Å²) in [5, 5.41) is 8.65. The van der Waals surface area contributed by atoms with Gasteiger partial charge in [0.1, 0.15) is 0 Å². The molecule has 1 aromatic heterocycles. The summed E-state index contributed by atoms with van der Waals surface area (Å²) in [6.45, 7) is 0. The van der Waals surface area contributed by atoms with Crippen molar-refractivity contribution in [1.29, 1.82) is 0 Å². The van der Waals surface area contributed by atoms with Gasteiger partial charge in [0.2, 0.25) is 0 Å². The molecule has 4 heteroatoms. The van der Waals surface area contributed by atoms with Crippen LogP contribution >= 0.6 is 11.8 Å². The highest BCUT2D eigenvalue weighted by molar-refractivity contribution is 7.98. The van der Waals surface area contributed by atoms with E-state index in [1.54, 1.807) is 0 Å². The van der Waals surface area contributed by atoms with Gasteiger partial charge in [-0.15, -0.1) is 0 Å². The van der Waals surface area contributed by atoms with Crippen molar-refractivity contribution in [2.45, 2.75) is 25.0 Å². The monoisotopic (exact) mass is 223 g/mol. The van der Waals surface area contributed by atoms with Crippen LogP contribution in [0.2, 0.25) is 0 Å². The third kappa shape index (κ3) is 2.50. The number of hydrogen-bond acceptors (Lipinski definition) is 3. The molecule has 0 amide bonds. The quantitative estimate of drug-likeness (QED) is 0.850. The molecule has 0 aliphatic carbocycles. The first-order valence-corrected chi connectivity index (χ1v) is 6.17. The summed E-state index contributed by atoms with van der Waals surface area (Å²) in [6, 6.07) is 0. The summed E-state index contributed by atoms with van der Waals surface area (Å²) in [4.78, 5) is 14.7. The van der Waals surface area contributed by atoms with Crippen LogP contribution in [0.4, 0.5) is 0 Å². The smallest absolute Gasteiger partial charge is 0.303 e. The van der Waals surface area contributed by atoms with Crippen LogP contribution in [0.15, 0.2) is 12.4 Å². The maximum Gasteiger partial charge on any atom is 0.303 e. The van der Waals surface area contributed by atoms with E-state index in [9.17, 15) is 4.79 Å². The lowest BCUT2D eigenvalue weighted by Gasteiger charge is -2.17. The molecule has 15 heavy (non-hydrogen) atoms. The molecule has 1 N–H and O–H groups in total. The molecule has 0 spiro atoms. The fourth-order valence-electron chi connectivity index (χ4n) is 1.84. The van der Waals surface area contributed by atoms with Gasteiger partial charge in [0.15, 0.2) is 0 Å². The van der Waals surface area contributed by atoms with E-state index < -0.39 is 5.97 Å². The van der Waals surface area contributed by atoms with Gasteiger partial charge in [-0.3, -0.25) is 9.78 Å². The van der Waals surface area contributed by atoms with Crippen molar-refractivity contribution in [2.24, 2.45) is 0 Å². The normalized spacial score (nSPS) is 14.7. The predicted molar refractivity (Wildman–Crippen MR) is 60.1 cm³/mol. The zero-order valence-electron chi connectivity index (χ0n) is 8.40. The SMILES string of the molecule is O=C(O)CCc1cncc2c1CCSC2. The maximum absolute atomic E-state index is 10.5.